The van der Waals surface area contributed by atoms with Crippen molar-refractivity contribution in [1.29, 1.82) is 0 Å². The average Bonchev–Trinajstić information content (AvgIpc) is 3.33. The molecular weight excluding hydrogens is 318 g/mol. The van der Waals surface area contributed by atoms with Crippen molar-refractivity contribution in [1.82, 2.24) is 19.7 Å². The van der Waals surface area contributed by atoms with Gasteiger partial charge in [-0.15, -0.1) is 11.3 Å². The number of anilines is 1. The lowest BCUT2D eigenvalue weighted by molar-refractivity contribution is 0.880. The van der Waals surface area contributed by atoms with Crippen molar-refractivity contribution in [3.05, 3.63) is 77.4 Å². The zero-order chi connectivity index (χ0) is 16.2. The van der Waals surface area contributed by atoms with E-state index in [1.165, 1.54) is 4.88 Å². The van der Waals surface area contributed by atoms with Crippen molar-refractivity contribution in [3.63, 3.8) is 0 Å². The topological polar surface area (TPSA) is 55.6 Å². The van der Waals surface area contributed by atoms with Gasteiger partial charge in [-0.05, 0) is 29.6 Å². The molecule has 0 radical (unpaired) electrons. The van der Waals surface area contributed by atoms with E-state index in [1.54, 1.807) is 17.5 Å². The standard InChI is InChI=1S/C18H15N5S/c1-2-5-15(6-3-1)23-13-14(11-21-23)17-8-9-19-18(22-17)20-12-16-7-4-10-24-16/h1-11,13H,12H2,(H,19,20,22). The predicted octanol–water partition coefficient (Wildman–Crippen LogP) is 4.00. The Labute approximate surface area is 143 Å². The van der Waals surface area contributed by atoms with E-state index in [0.717, 1.165) is 23.5 Å². The van der Waals surface area contributed by atoms with Gasteiger partial charge < -0.3 is 5.32 Å². The monoisotopic (exact) mass is 333 g/mol. The summed E-state index contributed by atoms with van der Waals surface area (Å²) >= 11 is 1.71. The predicted molar refractivity (Wildman–Crippen MR) is 96.2 cm³/mol. The van der Waals surface area contributed by atoms with Gasteiger partial charge in [-0.1, -0.05) is 24.3 Å². The Bertz CT molecular complexity index is 916. The van der Waals surface area contributed by atoms with Crippen LogP contribution in [0.4, 0.5) is 5.95 Å². The maximum Gasteiger partial charge on any atom is 0.223 e. The Hall–Kier alpha value is -2.99. The molecule has 0 aliphatic heterocycles. The molecule has 5 nitrogen and oxygen atoms in total. The molecule has 0 unspecified atom stereocenters. The van der Waals surface area contributed by atoms with Crippen LogP contribution in [0.1, 0.15) is 4.88 Å². The van der Waals surface area contributed by atoms with Crippen LogP contribution in [-0.4, -0.2) is 19.7 Å². The van der Waals surface area contributed by atoms with E-state index in [9.17, 15) is 0 Å². The van der Waals surface area contributed by atoms with Crippen LogP contribution < -0.4 is 5.32 Å². The molecule has 1 N–H and O–H groups in total. The second kappa shape index (κ2) is 6.64. The molecule has 0 aliphatic rings. The van der Waals surface area contributed by atoms with Crippen molar-refractivity contribution < 1.29 is 0 Å². The van der Waals surface area contributed by atoms with Crippen molar-refractivity contribution in [2.45, 2.75) is 6.54 Å². The first kappa shape index (κ1) is 14.6. The molecule has 0 spiro atoms. The van der Waals surface area contributed by atoms with Gasteiger partial charge in [0, 0.05) is 22.8 Å². The number of thiophene rings is 1. The Kier molecular flexibility index (Phi) is 4.04. The summed E-state index contributed by atoms with van der Waals surface area (Å²) in [6.45, 7) is 0.727. The Morgan fingerprint density at radius 1 is 1.04 bits per heavy atom. The lowest BCUT2D eigenvalue weighted by atomic mass is 10.2. The Morgan fingerprint density at radius 3 is 2.79 bits per heavy atom. The van der Waals surface area contributed by atoms with Crippen LogP contribution in [0.25, 0.3) is 16.9 Å². The highest BCUT2D eigenvalue weighted by atomic mass is 32.1. The molecular formula is C18H15N5S. The fourth-order valence-corrected chi connectivity index (χ4v) is 3.01. The number of hydrogen-bond acceptors (Lipinski definition) is 5. The number of nitrogens with one attached hydrogen (secondary N) is 1. The third-order valence-corrected chi connectivity index (χ3v) is 4.43. The number of para-hydroxylation sites is 1. The fourth-order valence-electron chi connectivity index (χ4n) is 2.36. The van der Waals surface area contributed by atoms with Crippen molar-refractivity contribution in [2.24, 2.45) is 0 Å². The quantitative estimate of drug-likeness (QED) is 0.600. The second-order valence-electron chi connectivity index (χ2n) is 5.21. The summed E-state index contributed by atoms with van der Waals surface area (Å²) in [6.07, 6.45) is 5.55. The molecule has 0 atom stereocenters. The summed E-state index contributed by atoms with van der Waals surface area (Å²) in [5, 5.41) is 9.74. The Balaban J connectivity index is 1.54. The van der Waals surface area contributed by atoms with Gasteiger partial charge in [0.2, 0.25) is 5.95 Å². The van der Waals surface area contributed by atoms with Gasteiger partial charge in [-0.3, -0.25) is 0 Å². The average molecular weight is 333 g/mol. The van der Waals surface area contributed by atoms with E-state index in [2.05, 4.69) is 31.8 Å². The van der Waals surface area contributed by atoms with Crippen LogP contribution in [0.3, 0.4) is 0 Å². The highest BCUT2D eigenvalue weighted by Gasteiger charge is 2.06. The molecule has 0 saturated carbocycles. The summed E-state index contributed by atoms with van der Waals surface area (Å²) in [5.41, 5.74) is 2.83. The number of hydrogen-bond donors (Lipinski definition) is 1. The molecule has 0 fully saturated rings. The van der Waals surface area contributed by atoms with Crippen LogP contribution >= 0.6 is 11.3 Å². The summed E-state index contributed by atoms with van der Waals surface area (Å²) in [7, 11) is 0. The number of nitrogens with zero attached hydrogens (tertiary/aromatic N) is 4. The molecule has 4 rings (SSSR count). The first-order valence-corrected chi connectivity index (χ1v) is 8.46. The van der Waals surface area contributed by atoms with Crippen LogP contribution in [0, 0.1) is 0 Å². The van der Waals surface area contributed by atoms with Gasteiger partial charge in [-0.25, -0.2) is 14.6 Å². The van der Waals surface area contributed by atoms with Crippen LogP contribution in [-0.2, 0) is 6.54 Å². The largest absolute Gasteiger partial charge is 0.349 e. The van der Waals surface area contributed by atoms with Crippen LogP contribution in [0.15, 0.2) is 72.5 Å². The summed E-state index contributed by atoms with van der Waals surface area (Å²) in [5.74, 6) is 0.619. The third kappa shape index (κ3) is 3.18. The number of aromatic nitrogens is 4. The molecule has 0 amide bonds. The maximum atomic E-state index is 4.58. The van der Waals surface area contributed by atoms with Crippen molar-refractivity contribution in [3.8, 4) is 16.9 Å². The zero-order valence-electron chi connectivity index (χ0n) is 12.8. The van der Waals surface area contributed by atoms with Crippen LogP contribution in [0.2, 0.25) is 0 Å². The minimum Gasteiger partial charge on any atom is -0.349 e. The lowest BCUT2D eigenvalue weighted by Gasteiger charge is -2.04. The van der Waals surface area contributed by atoms with E-state index in [0.29, 0.717) is 5.95 Å². The van der Waals surface area contributed by atoms with Crippen molar-refractivity contribution >= 4 is 17.3 Å². The van der Waals surface area contributed by atoms with Gasteiger partial charge in [0.1, 0.15) is 0 Å². The maximum absolute atomic E-state index is 4.58. The molecule has 3 heterocycles. The highest BCUT2D eigenvalue weighted by Crippen LogP contribution is 2.19. The lowest BCUT2D eigenvalue weighted by Crippen LogP contribution is -2.02. The van der Waals surface area contributed by atoms with E-state index in [4.69, 9.17) is 0 Å². The second-order valence-corrected chi connectivity index (χ2v) is 6.24. The molecule has 1 aromatic carbocycles. The summed E-state index contributed by atoms with van der Waals surface area (Å²) < 4.78 is 1.84. The van der Waals surface area contributed by atoms with Crippen LogP contribution in [0.5, 0.6) is 0 Å². The third-order valence-electron chi connectivity index (χ3n) is 3.56. The van der Waals surface area contributed by atoms with Gasteiger partial charge in [0.05, 0.1) is 24.1 Å². The molecule has 3 aromatic heterocycles. The van der Waals surface area contributed by atoms with Gasteiger partial charge in [-0.2, -0.15) is 5.10 Å². The SMILES string of the molecule is c1ccc(-n2cc(-c3ccnc(NCc4cccs4)n3)cn2)cc1. The van der Waals surface area contributed by atoms with Gasteiger partial charge in [0.15, 0.2) is 0 Å². The smallest absolute Gasteiger partial charge is 0.223 e. The van der Waals surface area contributed by atoms with E-state index in [-0.39, 0.29) is 0 Å². The molecule has 6 heteroatoms. The minimum absolute atomic E-state index is 0.619. The summed E-state index contributed by atoms with van der Waals surface area (Å²) in [4.78, 5) is 10.1. The van der Waals surface area contributed by atoms with Gasteiger partial charge in [0.25, 0.3) is 0 Å². The van der Waals surface area contributed by atoms with E-state index < -0.39 is 0 Å². The molecule has 4 aromatic rings. The normalized spacial score (nSPS) is 10.7. The Morgan fingerprint density at radius 2 is 1.96 bits per heavy atom. The summed E-state index contributed by atoms with van der Waals surface area (Å²) in [6, 6.07) is 16.0. The van der Waals surface area contributed by atoms with E-state index in [1.807, 2.05) is 59.5 Å². The zero-order valence-corrected chi connectivity index (χ0v) is 13.6. The minimum atomic E-state index is 0.619. The van der Waals surface area contributed by atoms with Gasteiger partial charge >= 0.3 is 0 Å². The van der Waals surface area contributed by atoms with E-state index >= 15 is 0 Å². The molecule has 24 heavy (non-hydrogen) atoms. The molecule has 0 bridgehead atoms. The first-order chi connectivity index (χ1) is 11.9. The highest BCUT2D eigenvalue weighted by molar-refractivity contribution is 7.09. The molecule has 118 valence electrons. The first-order valence-electron chi connectivity index (χ1n) is 7.58. The molecule has 0 aliphatic carbocycles. The fraction of sp³-hybridized carbons (Fsp3) is 0.0556. The number of benzene rings is 1. The number of rotatable bonds is 5. The van der Waals surface area contributed by atoms with Crippen molar-refractivity contribution in [2.75, 3.05) is 5.32 Å². The molecule has 0 saturated heterocycles.